The summed E-state index contributed by atoms with van der Waals surface area (Å²) in [5.74, 6) is -2.16. The molecule has 0 aliphatic carbocycles. The van der Waals surface area contributed by atoms with Crippen LogP contribution in [-0.2, 0) is 36.9 Å². The van der Waals surface area contributed by atoms with Gasteiger partial charge in [0.15, 0.2) is 0 Å². The lowest BCUT2D eigenvalue weighted by Gasteiger charge is -2.20. The van der Waals surface area contributed by atoms with Gasteiger partial charge in [0.2, 0.25) is 5.91 Å². The number of cyclic esters (lactones) is 2. The second-order valence-electron chi connectivity index (χ2n) is 6.84. The molecule has 0 saturated carbocycles. The highest BCUT2D eigenvalue weighted by Gasteiger charge is 2.32. The van der Waals surface area contributed by atoms with Crippen molar-refractivity contribution in [2.24, 2.45) is 0 Å². The number of alkyl carbamates (subject to hydrolysis) is 1. The van der Waals surface area contributed by atoms with Crippen molar-refractivity contribution in [2.45, 2.75) is 38.0 Å². The van der Waals surface area contributed by atoms with Crippen LogP contribution in [0.1, 0.15) is 24.0 Å². The predicted molar refractivity (Wildman–Crippen MR) is 106 cm³/mol. The molecule has 2 N–H and O–H groups in total. The molecule has 8 nitrogen and oxygen atoms in total. The number of hydrogen-bond donors (Lipinski definition) is 2. The largest absolute Gasteiger partial charge is 0.445 e. The summed E-state index contributed by atoms with van der Waals surface area (Å²) in [5.41, 5.74) is 1.59. The van der Waals surface area contributed by atoms with Crippen molar-refractivity contribution >= 4 is 23.9 Å². The van der Waals surface area contributed by atoms with Gasteiger partial charge >= 0.3 is 18.0 Å². The first-order valence-electron chi connectivity index (χ1n) is 9.57. The summed E-state index contributed by atoms with van der Waals surface area (Å²) in [6, 6.07) is 16.0. The summed E-state index contributed by atoms with van der Waals surface area (Å²) in [6.45, 7) is 0.0399. The summed E-state index contributed by atoms with van der Waals surface area (Å²) >= 11 is 0. The minimum absolute atomic E-state index is 0.0174. The van der Waals surface area contributed by atoms with Crippen LogP contribution in [0.2, 0.25) is 0 Å². The van der Waals surface area contributed by atoms with Crippen molar-refractivity contribution in [1.29, 1.82) is 0 Å². The Morgan fingerprint density at radius 1 is 1.00 bits per heavy atom. The summed E-state index contributed by atoms with van der Waals surface area (Å²) in [7, 11) is 0. The Morgan fingerprint density at radius 2 is 1.63 bits per heavy atom. The summed E-state index contributed by atoms with van der Waals surface area (Å²) in [4.78, 5) is 49.0. The molecule has 2 atom stereocenters. The van der Waals surface area contributed by atoms with E-state index >= 15 is 0 Å². The lowest BCUT2D eigenvalue weighted by atomic mass is 10.1. The second kappa shape index (κ2) is 10.2. The fourth-order valence-electron chi connectivity index (χ4n) is 2.99. The molecule has 1 heterocycles. The average molecular weight is 410 g/mol. The molecule has 0 unspecified atom stereocenters. The summed E-state index contributed by atoms with van der Waals surface area (Å²) < 4.78 is 9.97. The number of esters is 2. The Bertz CT molecular complexity index is 900. The van der Waals surface area contributed by atoms with Crippen LogP contribution in [0.4, 0.5) is 4.79 Å². The Labute approximate surface area is 173 Å². The van der Waals surface area contributed by atoms with Crippen LogP contribution >= 0.6 is 0 Å². The Morgan fingerprint density at radius 3 is 2.30 bits per heavy atom. The third-order valence-corrected chi connectivity index (χ3v) is 4.56. The highest BCUT2D eigenvalue weighted by molar-refractivity contribution is 5.95. The zero-order valence-corrected chi connectivity index (χ0v) is 16.2. The SMILES string of the molecule is O=C1CC[C@H](NC(=O)OCc2ccccc2)C(=O)N[C@@H](Cc2ccccc2)C(=O)O1. The van der Waals surface area contributed by atoms with E-state index in [4.69, 9.17) is 9.47 Å². The number of ether oxygens (including phenoxy) is 2. The summed E-state index contributed by atoms with van der Waals surface area (Å²) in [5, 5.41) is 5.03. The van der Waals surface area contributed by atoms with Gasteiger partial charge in [-0.05, 0) is 17.5 Å². The molecule has 8 heteroatoms. The molecule has 0 spiro atoms. The van der Waals surface area contributed by atoms with Gasteiger partial charge < -0.3 is 20.1 Å². The molecule has 0 bridgehead atoms. The fraction of sp³-hybridized carbons (Fsp3) is 0.273. The molecule has 156 valence electrons. The van der Waals surface area contributed by atoms with E-state index in [0.717, 1.165) is 11.1 Å². The third-order valence-electron chi connectivity index (χ3n) is 4.56. The van der Waals surface area contributed by atoms with Gasteiger partial charge in [0.1, 0.15) is 18.7 Å². The van der Waals surface area contributed by atoms with E-state index < -0.39 is 36.0 Å². The van der Waals surface area contributed by atoms with Gasteiger partial charge in [-0.15, -0.1) is 0 Å². The molecule has 1 saturated heterocycles. The van der Waals surface area contributed by atoms with E-state index in [1.54, 1.807) is 36.4 Å². The van der Waals surface area contributed by atoms with Gasteiger partial charge in [-0.3, -0.25) is 9.59 Å². The standard InChI is InChI=1S/C22H22N2O6/c25-19-12-11-17(24-22(28)29-14-16-9-5-2-6-10-16)20(26)23-18(21(27)30-19)13-15-7-3-1-4-8-15/h1-10,17-18H,11-14H2,(H,23,26)(H,24,28)/t17-,18-/m0/s1. The van der Waals surface area contributed by atoms with Gasteiger partial charge in [-0.2, -0.15) is 0 Å². The number of benzene rings is 2. The van der Waals surface area contributed by atoms with Crippen LogP contribution in [0.5, 0.6) is 0 Å². The van der Waals surface area contributed by atoms with Gasteiger partial charge in [-0.25, -0.2) is 9.59 Å². The maximum Gasteiger partial charge on any atom is 0.408 e. The van der Waals surface area contributed by atoms with Gasteiger partial charge in [0.25, 0.3) is 0 Å². The van der Waals surface area contributed by atoms with E-state index in [2.05, 4.69) is 10.6 Å². The average Bonchev–Trinajstić information content (AvgIpc) is 2.79. The minimum atomic E-state index is -1.05. The smallest absolute Gasteiger partial charge is 0.408 e. The molecular formula is C22H22N2O6. The first-order valence-corrected chi connectivity index (χ1v) is 9.57. The van der Waals surface area contributed by atoms with Crippen molar-refractivity contribution in [2.75, 3.05) is 0 Å². The quantitative estimate of drug-likeness (QED) is 0.575. The van der Waals surface area contributed by atoms with E-state index in [9.17, 15) is 19.2 Å². The highest BCUT2D eigenvalue weighted by Crippen LogP contribution is 2.10. The van der Waals surface area contributed by atoms with Crippen LogP contribution in [0.15, 0.2) is 60.7 Å². The monoisotopic (exact) mass is 410 g/mol. The lowest BCUT2D eigenvalue weighted by Crippen LogP contribution is -2.51. The van der Waals surface area contributed by atoms with Gasteiger partial charge in [0, 0.05) is 12.8 Å². The van der Waals surface area contributed by atoms with Crippen molar-refractivity contribution in [3.8, 4) is 0 Å². The molecule has 30 heavy (non-hydrogen) atoms. The molecule has 2 aromatic rings. The molecule has 1 fully saturated rings. The number of amides is 2. The number of carbonyl (C=O) groups is 4. The molecule has 0 radical (unpaired) electrons. The number of carbonyl (C=O) groups excluding carboxylic acids is 4. The van der Waals surface area contributed by atoms with Crippen molar-refractivity contribution in [1.82, 2.24) is 10.6 Å². The normalized spacial score (nSPS) is 19.5. The molecule has 1 aliphatic rings. The first kappa shape index (κ1) is 21.0. The Balaban J connectivity index is 1.64. The van der Waals surface area contributed by atoms with E-state index in [1.807, 2.05) is 24.3 Å². The third kappa shape index (κ3) is 6.16. The molecule has 0 aromatic heterocycles. The fourth-order valence-corrected chi connectivity index (χ4v) is 2.99. The Hall–Kier alpha value is -3.68. The molecule has 2 amide bonds. The topological polar surface area (TPSA) is 111 Å². The van der Waals surface area contributed by atoms with Crippen LogP contribution in [0.3, 0.4) is 0 Å². The molecule has 3 rings (SSSR count). The van der Waals surface area contributed by atoms with Crippen LogP contribution in [-0.4, -0.2) is 36.0 Å². The van der Waals surface area contributed by atoms with Crippen molar-refractivity contribution in [3.63, 3.8) is 0 Å². The first-order chi connectivity index (χ1) is 14.5. The van der Waals surface area contributed by atoms with E-state index in [0.29, 0.717) is 0 Å². The minimum Gasteiger partial charge on any atom is -0.445 e. The van der Waals surface area contributed by atoms with Crippen molar-refractivity contribution < 1.29 is 28.7 Å². The van der Waals surface area contributed by atoms with E-state index in [1.165, 1.54) is 0 Å². The van der Waals surface area contributed by atoms with Crippen LogP contribution in [0.25, 0.3) is 0 Å². The number of rotatable bonds is 5. The number of hydrogen-bond acceptors (Lipinski definition) is 6. The zero-order chi connectivity index (χ0) is 21.3. The van der Waals surface area contributed by atoms with Gasteiger partial charge in [-0.1, -0.05) is 60.7 Å². The lowest BCUT2D eigenvalue weighted by molar-refractivity contribution is -0.161. The Kier molecular flexibility index (Phi) is 7.15. The zero-order valence-electron chi connectivity index (χ0n) is 16.2. The molecule has 2 aromatic carbocycles. The van der Waals surface area contributed by atoms with Gasteiger partial charge in [0.05, 0.1) is 0 Å². The highest BCUT2D eigenvalue weighted by atomic mass is 16.6. The number of nitrogens with one attached hydrogen (secondary N) is 2. The van der Waals surface area contributed by atoms with Crippen LogP contribution in [0, 0.1) is 0 Å². The second-order valence-corrected chi connectivity index (χ2v) is 6.84. The maximum atomic E-state index is 12.7. The maximum absolute atomic E-state index is 12.7. The predicted octanol–water partition coefficient (Wildman–Crippen LogP) is 1.87. The van der Waals surface area contributed by atoms with E-state index in [-0.39, 0.29) is 25.9 Å². The van der Waals surface area contributed by atoms with Crippen LogP contribution < -0.4 is 10.6 Å². The van der Waals surface area contributed by atoms with Crippen molar-refractivity contribution in [3.05, 3.63) is 71.8 Å². The molecular weight excluding hydrogens is 388 g/mol. The summed E-state index contributed by atoms with van der Waals surface area (Å²) in [6.07, 6.45) is -0.848. The molecule has 1 aliphatic heterocycles.